The minimum atomic E-state index is -0.284. The van der Waals surface area contributed by atoms with Crippen LogP contribution in [0.25, 0.3) is 0 Å². The van der Waals surface area contributed by atoms with Crippen molar-refractivity contribution in [2.75, 3.05) is 20.6 Å². The molecule has 0 bridgehead atoms. The first-order valence-corrected chi connectivity index (χ1v) is 8.08. The van der Waals surface area contributed by atoms with Gasteiger partial charge in [-0.1, -0.05) is 5.21 Å². The summed E-state index contributed by atoms with van der Waals surface area (Å²) in [6, 6.07) is -0.269. The van der Waals surface area contributed by atoms with E-state index in [4.69, 9.17) is 0 Å². The molecule has 1 aliphatic rings. The Morgan fingerprint density at radius 3 is 2.79 bits per heavy atom. The molecule has 2 rings (SSSR count). The van der Waals surface area contributed by atoms with Crippen molar-refractivity contribution in [2.45, 2.75) is 51.4 Å². The number of carbonyl (C=O) groups is 2. The standard InChI is InChI=1S/C15H27N7O2/c1-15(2,3)18-14(24)21(5)8-10-9-22(20-19-10)11-6-12(17-7-11)13(23)16-4/h9,11-12,17H,6-8H2,1-5H3,(H,16,23)(H,18,24)/t11-,12-/m0/s1. The number of amides is 3. The number of nitrogens with zero attached hydrogens (tertiary/aromatic N) is 4. The molecule has 24 heavy (non-hydrogen) atoms. The monoisotopic (exact) mass is 337 g/mol. The maximum Gasteiger partial charge on any atom is 0.317 e. The zero-order valence-electron chi connectivity index (χ0n) is 15.0. The average Bonchev–Trinajstić information content (AvgIpc) is 3.13. The van der Waals surface area contributed by atoms with Gasteiger partial charge in [-0.05, 0) is 27.2 Å². The SMILES string of the molecule is CNC(=O)[C@@H]1C[C@H](n2cc(CN(C)C(=O)NC(C)(C)C)nn2)CN1. The molecule has 0 unspecified atom stereocenters. The van der Waals surface area contributed by atoms with E-state index < -0.39 is 0 Å². The lowest BCUT2D eigenvalue weighted by Crippen LogP contribution is -2.46. The van der Waals surface area contributed by atoms with Crippen LogP contribution < -0.4 is 16.0 Å². The zero-order valence-corrected chi connectivity index (χ0v) is 15.0. The van der Waals surface area contributed by atoms with Gasteiger partial charge >= 0.3 is 6.03 Å². The van der Waals surface area contributed by atoms with E-state index in [9.17, 15) is 9.59 Å². The van der Waals surface area contributed by atoms with Crippen LogP contribution >= 0.6 is 0 Å². The van der Waals surface area contributed by atoms with E-state index in [1.165, 1.54) is 0 Å². The topological polar surface area (TPSA) is 104 Å². The Kier molecular flexibility index (Phi) is 5.43. The van der Waals surface area contributed by atoms with Crippen molar-refractivity contribution >= 4 is 11.9 Å². The van der Waals surface area contributed by atoms with Crippen molar-refractivity contribution in [1.29, 1.82) is 0 Å². The van der Waals surface area contributed by atoms with Gasteiger partial charge in [0.1, 0.15) is 5.69 Å². The summed E-state index contributed by atoms with van der Waals surface area (Å²) >= 11 is 0. The lowest BCUT2D eigenvalue weighted by molar-refractivity contribution is -0.122. The highest BCUT2D eigenvalue weighted by atomic mass is 16.2. The molecule has 3 N–H and O–H groups in total. The molecule has 0 spiro atoms. The summed E-state index contributed by atoms with van der Waals surface area (Å²) in [5, 5.41) is 17.0. The molecule has 134 valence electrons. The van der Waals surface area contributed by atoms with Gasteiger partial charge in [-0.2, -0.15) is 0 Å². The second-order valence-electron chi connectivity index (χ2n) is 7.19. The summed E-state index contributed by atoms with van der Waals surface area (Å²) in [5.41, 5.74) is 0.429. The minimum Gasteiger partial charge on any atom is -0.358 e. The molecule has 0 aliphatic carbocycles. The average molecular weight is 337 g/mol. The highest BCUT2D eigenvalue weighted by Gasteiger charge is 2.30. The fourth-order valence-corrected chi connectivity index (χ4v) is 2.59. The molecule has 1 aromatic rings. The lowest BCUT2D eigenvalue weighted by Gasteiger charge is -2.25. The van der Waals surface area contributed by atoms with Crippen LogP contribution in [0.1, 0.15) is 38.9 Å². The number of carbonyl (C=O) groups excluding carboxylic acids is 2. The normalized spacial score (nSPS) is 20.7. The molecule has 1 saturated heterocycles. The second-order valence-corrected chi connectivity index (χ2v) is 7.19. The van der Waals surface area contributed by atoms with Gasteiger partial charge < -0.3 is 20.9 Å². The van der Waals surface area contributed by atoms with E-state index in [2.05, 4.69) is 26.3 Å². The zero-order chi connectivity index (χ0) is 17.9. The summed E-state index contributed by atoms with van der Waals surface area (Å²) in [4.78, 5) is 25.3. The third-order valence-electron chi connectivity index (χ3n) is 3.83. The summed E-state index contributed by atoms with van der Waals surface area (Å²) < 4.78 is 1.76. The predicted molar refractivity (Wildman–Crippen MR) is 89.3 cm³/mol. The van der Waals surface area contributed by atoms with E-state index in [0.29, 0.717) is 25.2 Å². The number of likely N-dealkylation sites (N-methyl/N-ethyl adjacent to an activating group) is 1. The Balaban J connectivity index is 1.92. The van der Waals surface area contributed by atoms with Crippen molar-refractivity contribution in [3.05, 3.63) is 11.9 Å². The van der Waals surface area contributed by atoms with E-state index in [0.717, 1.165) is 0 Å². The largest absolute Gasteiger partial charge is 0.358 e. The Hall–Kier alpha value is -2.16. The number of rotatable bonds is 4. The Morgan fingerprint density at radius 1 is 1.46 bits per heavy atom. The predicted octanol–water partition coefficient (Wildman–Crippen LogP) is -0.133. The molecular weight excluding hydrogens is 310 g/mol. The molecule has 3 amide bonds. The van der Waals surface area contributed by atoms with Crippen molar-refractivity contribution in [3.63, 3.8) is 0 Å². The van der Waals surface area contributed by atoms with Gasteiger partial charge in [0, 0.05) is 26.2 Å². The Labute approximate surface area is 142 Å². The van der Waals surface area contributed by atoms with Crippen LogP contribution in [0.2, 0.25) is 0 Å². The van der Waals surface area contributed by atoms with E-state index in [1.807, 2.05) is 27.0 Å². The summed E-state index contributed by atoms with van der Waals surface area (Å²) in [5.74, 6) is -0.0172. The lowest BCUT2D eigenvalue weighted by atomic mass is 10.1. The minimum absolute atomic E-state index is 0.0172. The van der Waals surface area contributed by atoms with Crippen molar-refractivity contribution < 1.29 is 9.59 Å². The molecule has 0 saturated carbocycles. The number of hydrogen-bond acceptors (Lipinski definition) is 5. The van der Waals surface area contributed by atoms with Crippen LogP contribution in [0, 0.1) is 0 Å². The van der Waals surface area contributed by atoms with Crippen molar-refractivity contribution in [2.24, 2.45) is 0 Å². The summed E-state index contributed by atoms with van der Waals surface area (Å²) in [7, 11) is 3.35. The molecule has 1 aliphatic heterocycles. The molecule has 1 aromatic heterocycles. The molecular formula is C15H27N7O2. The van der Waals surface area contributed by atoms with Gasteiger partial charge in [0.15, 0.2) is 0 Å². The van der Waals surface area contributed by atoms with Crippen molar-refractivity contribution in [1.82, 2.24) is 35.8 Å². The van der Waals surface area contributed by atoms with E-state index in [1.54, 1.807) is 23.7 Å². The molecule has 9 heteroatoms. The van der Waals surface area contributed by atoms with Crippen LogP contribution in [0.5, 0.6) is 0 Å². The molecule has 2 heterocycles. The smallest absolute Gasteiger partial charge is 0.317 e. The van der Waals surface area contributed by atoms with Gasteiger partial charge in [0.2, 0.25) is 5.91 Å². The molecule has 0 radical (unpaired) electrons. The van der Waals surface area contributed by atoms with Gasteiger partial charge in [0.05, 0.1) is 24.8 Å². The number of nitrogens with one attached hydrogen (secondary N) is 3. The quantitative estimate of drug-likeness (QED) is 0.710. The first-order chi connectivity index (χ1) is 11.2. The van der Waals surface area contributed by atoms with Gasteiger partial charge in [-0.3, -0.25) is 4.79 Å². The molecule has 9 nitrogen and oxygen atoms in total. The first kappa shape index (κ1) is 18.2. The van der Waals surface area contributed by atoms with Crippen LogP contribution in [0.3, 0.4) is 0 Å². The van der Waals surface area contributed by atoms with Crippen LogP contribution in [-0.2, 0) is 11.3 Å². The van der Waals surface area contributed by atoms with Crippen molar-refractivity contribution in [3.8, 4) is 0 Å². The van der Waals surface area contributed by atoms with Crippen LogP contribution in [0.15, 0.2) is 6.20 Å². The third kappa shape index (κ3) is 4.67. The van der Waals surface area contributed by atoms with E-state index >= 15 is 0 Å². The number of urea groups is 1. The fourth-order valence-electron chi connectivity index (χ4n) is 2.59. The van der Waals surface area contributed by atoms with Gasteiger partial charge in [-0.15, -0.1) is 5.10 Å². The molecule has 2 atom stereocenters. The Morgan fingerprint density at radius 2 is 2.17 bits per heavy atom. The number of aromatic nitrogens is 3. The fraction of sp³-hybridized carbons (Fsp3) is 0.733. The highest BCUT2D eigenvalue weighted by molar-refractivity contribution is 5.81. The Bertz CT molecular complexity index is 593. The number of hydrogen-bond donors (Lipinski definition) is 3. The molecule has 0 aromatic carbocycles. The highest BCUT2D eigenvalue weighted by Crippen LogP contribution is 2.19. The second kappa shape index (κ2) is 7.16. The van der Waals surface area contributed by atoms with Crippen LogP contribution in [0.4, 0.5) is 4.79 Å². The van der Waals surface area contributed by atoms with E-state index in [-0.39, 0.29) is 29.6 Å². The maximum atomic E-state index is 12.1. The van der Waals surface area contributed by atoms with Crippen LogP contribution in [-0.4, -0.2) is 64.1 Å². The van der Waals surface area contributed by atoms with Gasteiger partial charge in [-0.25, -0.2) is 9.48 Å². The first-order valence-electron chi connectivity index (χ1n) is 8.08. The summed E-state index contributed by atoms with van der Waals surface area (Å²) in [6.45, 7) is 6.85. The maximum absolute atomic E-state index is 12.1. The third-order valence-corrected chi connectivity index (χ3v) is 3.83. The molecule has 1 fully saturated rings. The van der Waals surface area contributed by atoms with Gasteiger partial charge in [0.25, 0.3) is 0 Å². The summed E-state index contributed by atoms with van der Waals surface area (Å²) in [6.07, 6.45) is 2.50.